The second-order valence-electron chi connectivity index (χ2n) is 7.70. The molecule has 0 radical (unpaired) electrons. The van der Waals surface area contributed by atoms with E-state index in [9.17, 15) is 9.59 Å². The number of methoxy groups -OCH3 is 1. The maximum Gasteiger partial charge on any atom is 0.410 e. The molecule has 0 spiro atoms. The number of carbonyl (C=O) groups excluding carboxylic acids is 2. The van der Waals surface area contributed by atoms with Gasteiger partial charge in [0.15, 0.2) is 0 Å². The summed E-state index contributed by atoms with van der Waals surface area (Å²) in [6.45, 7) is 7.00. The number of para-hydroxylation sites is 2. The first-order valence-electron chi connectivity index (χ1n) is 9.19. The molecular weight excluding hydrogens is 332 g/mol. The van der Waals surface area contributed by atoms with Crippen molar-refractivity contribution in [2.24, 2.45) is 5.92 Å². The third kappa shape index (κ3) is 6.24. The molecule has 2 rings (SSSR count). The van der Waals surface area contributed by atoms with Gasteiger partial charge in [-0.25, -0.2) is 4.79 Å². The molecule has 0 aromatic heterocycles. The van der Waals surface area contributed by atoms with Crippen molar-refractivity contribution in [3.8, 4) is 5.75 Å². The maximum atomic E-state index is 12.2. The number of hydrogen-bond donors (Lipinski definition) is 1. The topological polar surface area (TPSA) is 67.9 Å². The van der Waals surface area contributed by atoms with Crippen LogP contribution in [0.3, 0.4) is 0 Å². The van der Waals surface area contributed by atoms with Crippen LogP contribution in [0.25, 0.3) is 0 Å². The molecule has 1 aromatic carbocycles. The molecule has 6 nitrogen and oxygen atoms in total. The number of anilines is 1. The van der Waals surface area contributed by atoms with Gasteiger partial charge in [0, 0.05) is 19.5 Å². The van der Waals surface area contributed by atoms with Crippen LogP contribution < -0.4 is 10.1 Å². The lowest BCUT2D eigenvalue weighted by Crippen LogP contribution is -2.41. The Hall–Kier alpha value is -2.24. The molecule has 2 amide bonds. The highest BCUT2D eigenvalue weighted by atomic mass is 16.6. The van der Waals surface area contributed by atoms with E-state index in [-0.39, 0.29) is 12.0 Å². The van der Waals surface area contributed by atoms with Crippen molar-refractivity contribution in [3.63, 3.8) is 0 Å². The lowest BCUT2D eigenvalue weighted by Gasteiger charge is -2.33. The number of amides is 2. The summed E-state index contributed by atoms with van der Waals surface area (Å²) in [6, 6.07) is 7.38. The molecule has 26 heavy (non-hydrogen) atoms. The molecule has 1 heterocycles. The Morgan fingerprint density at radius 2 is 1.85 bits per heavy atom. The SMILES string of the molecule is COc1ccccc1NC(=O)CCC1CCN(C(=O)OC(C)(C)C)CC1. The predicted molar refractivity (Wildman–Crippen MR) is 101 cm³/mol. The van der Waals surface area contributed by atoms with Crippen LogP contribution in [0.4, 0.5) is 10.5 Å². The molecule has 0 atom stereocenters. The van der Waals surface area contributed by atoms with Crippen LogP contribution in [0.1, 0.15) is 46.5 Å². The summed E-state index contributed by atoms with van der Waals surface area (Å²) in [6.07, 6.45) is 2.85. The van der Waals surface area contributed by atoms with E-state index in [4.69, 9.17) is 9.47 Å². The van der Waals surface area contributed by atoms with E-state index in [1.54, 1.807) is 12.0 Å². The zero-order valence-electron chi connectivity index (χ0n) is 16.2. The minimum Gasteiger partial charge on any atom is -0.495 e. The van der Waals surface area contributed by atoms with Gasteiger partial charge < -0.3 is 19.7 Å². The van der Waals surface area contributed by atoms with Crippen LogP contribution in [0, 0.1) is 5.92 Å². The van der Waals surface area contributed by atoms with Crippen molar-refractivity contribution in [1.29, 1.82) is 0 Å². The molecule has 1 aliphatic heterocycles. The van der Waals surface area contributed by atoms with Crippen LogP contribution >= 0.6 is 0 Å². The second-order valence-corrected chi connectivity index (χ2v) is 7.70. The molecule has 0 unspecified atom stereocenters. The maximum absolute atomic E-state index is 12.2. The lowest BCUT2D eigenvalue weighted by molar-refractivity contribution is -0.116. The van der Waals surface area contributed by atoms with Gasteiger partial charge in [0.2, 0.25) is 5.91 Å². The third-order valence-corrected chi connectivity index (χ3v) is 4.43. The Morgan fingerprint density at radius 1 is 1.19 bits per heavy atom. The molecule has 1 N–H and O–H groups in total. The lowest BCUT2D eigenvalue weighted by atomic mass is 9.92. The molecule has 0 bridgehead atoms. The number of nitrogens with one attached hydrogen (secondary N) is 1. The number of benzene rings is 1. The van der Waals surface area contributed by atoms with E-state index in [0.29, 0.717) is 36.9 Å². The molecule has 1 aromatic rings. The van der Waals surface area contributed by atoms with Gasteiger partial charge in [-0.3, -0.25) is 4.79 Å². The number of hydrogen-bond acceptors (Lipinski definition) is 4. The van der Waals surface area contributed by atoms with Gasteiger partial charge in [-0.1, -0.05) is 12.1 Å². The van der Waals surface area contributed by atoms with Gasteiger partial charge in [0.05, 0.1) is 12.8 Å². The summed E-state index contributed by atoms with van der Waals surface area (Å²) < 4.78 is 10.7. The second kappa shape index (κ2) is 8.92. The Kier molecular flexibility index (Phi) is 6.89. The van der Waals surface area contributed by atoms with E-state index >= 15 is 0 Å². The predicted octanol–water partition coefficient (Wildman–Crippen LogP) is 4.06. The number of ether oxygens (including phenoxy) is 2. The van der Waals surface area contributed by atoms with Gasteiger partial charge in [0.25, 0.3) is 0 Å². The van der Waals surface area contributed by atoms with Gasteiger partial charge in [0.1, 0.15) is 11.4 Å². The molecule has 6 heteroatoms. The summed E-state index contributed by atoms with van der Waals surface area (Å²) >= 11 is 0. The highest BCUT2D eigenvalue weighted by Crippen LogP contribution is 2.25. The van der Waals surface area contributed by atoms with Crippen LogP contribution in [0.2, 0.25) is 0 Å². The smallest absolute Gasteiger partial charge is 0.410 e. The molecule has 1 aliphatic rings. The van der Waals surface area contributed by atoms with E-state index < -0.39 is 5.60 Å². The van der Waals surface area contributed by atoms with Gasteiger partial charge in [-0.2, -0.15) is 0 Å². The van der Waals surface area contributed by atoms with Crippen molar-refractivity contribution in [3.05, 3.63) is 24.3 Å². The van der Waals surface area contributed by atoms with Crippen molar-refractivity contribution >= 4 is 17.7 Å². The van der Waals surface area contributed by atoms with E-state index in [2.05, 4.69) is 5.32 Å². The third-order valence-electron chi connectivity index (χ3n) is 4.43. The molecule has 1 fully saturated rings. The Labute approximate surface area is 155 Å². The Bertz CT molecular complexity index is 616. The number of carbonyl (C=O) groups is 2. The average molecular weight is 362 g/mol. The first-order chi connectivity index (χ1) is 12.3. The summed E-state index contributed by atoms with van der Waals surface area (Å²) in [5, 5.41) is 2.91. The van der Waals surface area contributed by atoms with Crippen LogP contribution in [-0.2, 0) is 9.53 Å². The molecular formula is C20H30N2O4. The van der Waals surface area contributed by atoms with E-state index in [1.807, 2.05) is 45.0 Å². The van der Waals surface area contributed by atoms with Gasteiger partial charge in [-0.05, 0) is 58.1 Å². The fourth-order valence-electron chi connectivity index (χ4n) is 3.03. The standard InChI is InChI=1S/C20H30N2O4/c1-20(2,3)26-19(24)22-13-11-15(12-14-22)9-10-18(23)21-16-7-5-6-8-17(16)25-4/h5-8,15H,9-14H2,1-4H3,(H,21,23). The fraction of sp³-hybridized carbons (Fsp3) is 0.600. The number of likely N-dealkylation sites (tertiary alicyclic amines) is 1. The van der Waals surface area contributed by atoms with Crippen molar-refractivity contribution in [2.75, 3.05) is 25.5 Å². The molecule has 144 valence electrons. The van der Waals surface area contributed by atoms with Crippen LogP contribution in [0.15, 0.2) is 24.3 Å². The van der Waals surface area contributed by atoms with E-state index in [1.165, 1.54) is 0 Å². The summed E-state index contributed by atoms with van der Waals surface area (Å²) in [4.78, 5) is 26.0. The average Bonchev–Trinajstić information content (AvgIpc) is 2.59. The molecule has 0 aliphatic carbocycles. The Balaban J connectivity index is 1.73. The van der Waals surface area contributed by atoms with Gasteiger partial charge in [-0.15, -0.1) is 0 Å². The number of rotatable bonds is 5. The first kappa shape index (κ1) is 20.1. The summed E-state index contributed by atoms with van der Waals surface area (Å²) in [5.41, 5.74) is 0.226. The van der Waals surface area contributed by atoms with Crippen LogP contribution in [-0.4, -0.2) is 42.7 Å². The summed E-state index contributed by atoms with van der Waals surface area (Å²) in [5.74, 6) is 1.10. The normalized spacial score (nSPS) is 15.5. The largest absolute Gasteiger partial charge is 0.495 e. The first-order valence-corrected chi connectivity index (χ1v) is 9.19. The zero-order chi connectivity index (χ0) is 19.2. The number of nitrogens with zero attached hydrogens (tertiary/aromatic N) is 1. The van der Waals surface area contributed by atoms with Crippen molar-refractivity contribution in [2.45, 2.75) is 52.1 Å². The highest BCUT2D eigenvalue weighted by molar-refractivity contribution is 5.92. The van der Waals surface area contributed by atoms with Crippen LogP contribution in [0.5, 0.6) is 5.75 Å². The zero-order valence-corrected chi connectivity index (χ0v) is 16.2. The minimum absolute atomic E-state index is 0.0101. The van der Waals surface area contributed by atoms with Crippen molar-refractivity contribution in [1.82, 2.24) is 4.90 Å². The van der Waals surface area contributed by atoms with Crippen molar-refractivity contribution < 1.29 is 19.1 Å². The molecule has 0 saturated carbocycles. The molecule has 1 saturated heterocycles. The highest BCUT2D eigenvalue weighted by Gasteiger charge is 2.27. The monoisotopic (exact) mass is 362 g/mol. The minimum atomic E-state index is -0.468. The fourth-order valence-corrected chi connectivity index (χ4v) is 3.03. The quantitative estimate of drug-likeness (QED) is 0.858. The van der Waals surface area contributed by atoms with Gasteiger partial charge >= 0.3 is 6.09 Å². The summed E-state index contributed by atoms with van der Waals surface area (Å²) in [7, 11) is 1.59. The van der Waals surface area contributed by atoms with E-state index in [0.717, 1.165) is 19.3 Å². The number of piperidine rings is 1. The Morgan fingerprint density at radius 3 is 2.46 bits per heavy atom.